The van der Waals surface area contributed by atoms with Gasteiger partial charge in [0.1, 0.15) is 0 Å². The van der Waals surface area contributed by atoms with Crippen LogP contribution in [0.15, 0.2) is 42.5 Å². The molecular formula is C17H19NO3. The third-order valence-corrected chi connectivity index (χ3v) is 3.27. The van der Waals surface area contributed by atoms with Crippen LogP contribution in [0.4, 0.5) is 5.69 Å². The van der Waals surface area contributed by atoms with Crippen molar-refractivity contribution < 1.29 is 15.0 Å². The average Bonchev–Trinajstić information content (AvgIpc) is 2.49. The molecule has 0 aliphatic heterocycles. The number of hydrogen-bond donors (Lipinski definition) is 3. The molecule has 2 aromatic rings. The fraction of sp³-hybridized carbons (Fsp3) is 0.235. The van der Waals surface area contributed by atoms with Crippen LogP contribution in [-0.4, -0.2) is 16.1 Å². The molecule has 4 heteroatoms. The third kappa shape index (κ3) is 3.99. The zero-order valence-electron chi connectivity index (χ0n) is 12.0. The summed E-state index contributed by atoms with van der Waals surface area (Å²) in [5.41, 5.74) is 2.24. The quantitative estimate of drug-likeness (QED) is 0.734. The van der Waals surface area contributed by atoms with E-state index in [9.17, 15) is 15.0 Å². The summed E-state index contributed by atoms with van der Waals surface area (Å²) < 4.78 is 0. The Morgan fingerprint density at radius 3 is 2.38 bits per heavy atom. The second-order valence-electron chi connectivity index (χ2n) is 4.96. The van der Waals surface area contributed by atoms with Gasteiger partial charge in [0, 0.05) is 11.3 Å². The minimum absolute atomic E-state index is 0.244. The normalized spacial score (nSPS) is 10.3. The topological polar surface area (TPSA) is 69.6 Å². The van der Waals surface area contributed by atoms with E-state index in [1.54, 1.807) is 0 Å². The number of phenols is 2. The van der Waals surface area contributed by atoms with Crippen LogP contribution >= 0.6 is 0 Å². The van der Waals surface area contributed by atoms with Crippen LogP contribution in [0.3, 0.4) is 0 Å². The van der Waals surface area contributed by atoms with Crippen LogP contribution in [0.25, 0.3) is 0 Å². The summed E-state index contributed by atoms with van der Waals surface area (Å²) in [5.74, 6) is -0.879. The van der Waals surface area contributed by atoms with Crippen molar-refractivity contribution in [2.24, 2.45) is 0 Å². The molecule has 21 heavy (non-hydrogen) atoms. The first-order chi connectivity index (χ1) is 10.1. The molecule has 1 amide bonds. The lowest BCUT2D eigenvalue weighted by Crippen LogP contribution is -2.11. The standard InChI is InChI=1S/C17H19NO3/c1-2-3-4-12-5-8-14(9-6-12)18-17(21)13-7-10-15(19)16(20)11-13/h5-11,19-20H,2-4H2,1H3,(H,18,21). The van der Waals surface area contributed by atoms with Crippen LogP contribution in [-0.2, 0) is 6.42 Å². The first kappa shape index (κ1) is 14.9. The number of hydrogen-bond acceptors (Lipinski definition) is 3. The number of benzene rings is 2. The van der Waals surface area contributed by atoms with Crippen molar-refractivity contribution in [3.63, 3.8) is 0 Å². The van der Waals surface area contributed by atoms with Crippen molar-refractivity contribution in [3.05, 3.63) is 53.6 Å². The molecule has 2 rings (SSSR count). The highest BCUT2D eigenvalue weighted by molar-refractivity contribution is 6.04. The summed E-state index contributed by atoms with van der Waals surface area (Å²) in [7, 11) is 0. The van der Waals surface area contributed by atoms with Gasteiger partial charge in [0.15, 0.2) is 11.5 Å². The summed E-state index contributed by atoms with van der Waals surface area (Å²) in [6, 6.07) is 11.7. The lowest BCUT2D eigenvalue weighted by molar-refractivity contribution is 0.102. The maximum atomic E-state index is 12.0. The number of phenolic OH excluding ortho intramolecular Hbond substituents is 2. The third-order valence-electron chi connectivity index (χ3n) is 3.27. The van der Waals surface area contributed by atoms with Crippen LogP contribution < -0.4 is 5.32 Å². The van der Waals surface area contributed by atoms with Crippen molar-refractivity contribution in [1.29, 1.82) is 0 Å². The number of amides is 1. The Hall–Kier alpha value is -2.49. The maximum Gasteiger partial charge on any atom is 0.255 e. The molecule has 0 saturated heterocycles. The molecule has 0 aromatic heterocycles. The fourth-order valence-electron chi connectivity index (χ4n) is 2.00. The van der Waals surface area contributed by atoms with Gasteiger partial charge in [-0.1, -0.05) is 25.5 Å². The molecule has 2 aromatic carbocycles. The van der Waals surface area contributed by atoms with Crippen molar-refractivity contribution in [2.75, 3.05) is 5.32 Å². The van der Waals surface area contributed by atoms with E-state index in [4.69, 9.17) is 0 Å². The molecule has 0 unspecified atom stereocenters. The Labute approximate surface area is 124 Å². The van der Waals surface area contributed by atoms with Gasteiger partial charge in [-0.2, -0.15) is 0 Å². The van der Waals surface area contributed by atoms with Crippen LogP contribution in [0.2, 0.25) is 0 Å². The molecular weight excluding hydrogens is 266 g/mol. The smallest absolute Gasteiger partial charge is 0.255 e. The highest BCUT2D eigenvalue weighted by Crippen LogP contribution is 2.25. The zero-order valence-corrected chi connectivity index (χ0v) is 12.0. The van der Waals surface area contributed by atoms with Gasteiger partial charge in [-0.3, -0.25) is 4.79 Å². The van der Waals surface area contributed by atoms with Crippen LogP contribution in [0.1, 0.15) is 35.7 Å². The second-order valence-corrected chi connectivity index (χ2v) is 4.96. The first-order valence-corrected chi connectivity index (χ1v) is 7.02. The molecule has 110 valence electrons. The minimum Gasteiger partial charge on any atom is -0.504 e. The summed E-state index contributed by atoms with van der Waals surface area (Å²) in [4.78, 5) is 12.0. The second kappa shape index (κ2) is 6.79. The zero-order chi connectivity index (χ0) is 15.2. The van der Waals surface area contributed by atoms with Crippen molar-refractivity contribution >= 4 is 11.6 Å². The maximum absolute atomic E-state index is 12.0. The Morgan fingerprint density at radius 1 is 1.05 bits per heavy atom. The number of rotatable bonds is 5. The van der Waals surface area contributed by atoms with E-state index in [1.165, 1.54) is 23.8 Å². The monoisotopic (exact) mass is 285 g/mol. The van der Waals surface area contributed by atoms with Gasteiger partial charge in [0.05, 0.1) is 0 Å². The molecule has 0 saturated carbocycles. The highest BCUT2D eigenvalue weighted by atomic mass is 16.3. The Morgan fingerprint density at radius 2 is 1.76 bits per heavy atom. The number of aromatic hydroxyl groups is 2. The molecule has 4 nitrogen and oxygen atoms in total. The van der Waals surface area contributed by atoms with E-state index >= 15 is 0 Å². The van der Waals surface area contributed by atoms with Crippen molar-refractivity contribution in [1.82, 2.24) is 0 Å². The molecule has 0 atom stereocenters. The Bertz CT molecular complexity index is 620. The van der Waals surface area contributed by atoms with Gasteiger partial charge in [-0.05, 0) is 48.7 Å². The largest absolute Gasteiger partial charge is 0.504 e. The van der Waals surface area contributed by atoms with E-state index in [-0.39, 0.29) is 17.4 Å². The fourth-order valence-corrected chi connectivity index (χ4v) is 2.00. The van der Waals surface area contributed by atoms with E-state index < -0.39 is 0 Å². The number of carbonyl (C=O) groups is 1. The molecule has 0 spiro atoms. The molecule has 0 fully saturated rings. The summed E-state index contributed by atoms with van der Waals surface area (Å²) >= 11 is 0. The SMILES string of the molecule is CCCCc1ccc(NC(=O)c2ccc(O)c(O)c2)cc1. The average molecular weight is 285 g/mol. The Balaban J connectivity index is 2.03. The molecule has 0 heterocycles. The van der Waals surface area contributed by atoms with Gasteiger partial charge in [0.25, 0.3) is 5.91 Å². The van der Waals surface area contributed by atoms with Crippen molar-refractivity contribution in [3.8, 4) is 11.5 Å². The molecule has 0 aliphatic carbocycles. The Kier molecular flexibility index (Phi) is 4.82. The van der Waals surface area contributed by atoms with E-state index in [1.807, 2.05) is 24.3 Å². The molecule has 3 N–H and O–H groups in total. The van der Waals surface area contributed by atoms with Gasteiger partial charge in [-0.25, -0.2) is 0 Å². The number of unbranched alkanes of at least 4 members (excludes halogenated alkanes) is 1. The predicted octanol–water partition coefficient (Wildman–Crippen LogP) is 3.69. The van der Waals surface area contributed by atoms with Gasteiger partial charge < -0.3 is 15.5 Å². The summed E-state index contributed by atoms with van der Waals surface area (Å²) in [6.45, 7) is 2.15. The summed E-state index contributed by atoms with van der Waals surface area (Å²) in [5, 5.41) is 21.4. The highest BCUT2D eigenvalue weighted by Gasteiger charge is 2.09. The van der Waals surface area contributed by atoms with Crippen LogP contribution in [0.5, 0.6) is 11.5 Å². The first-order valence-electron chi connectivity index (χ1n) is 7.02. The van der Waals surface area contributed by atoms with Gasteiger partial charge in [-0.15, -0.1) is 0 Å². The summed E-state index contributed by atoms with van der Waals surface area (Å²) in [6.07, 6.45) is 3.35. The number of nitrogens with one attached hydrogen (secondary N) is 1. The minimum atomic E-state index is -0.327. The van der Waals surface area contributed by atoms with E-state index in [0.29, 0.717) is 11.3 Å². The lowest BCUT2D eigenvalue weighted by atomic mass is 10.1. The van der Waals surface area contributed by atoms with Crippen molar-refractivity contribution in [2.45, 2.75) is 26.2 Å². The number of carbonyl (C=O) groups excluding carboxylic acids is 1. The van der Waals surface area contributed by atoms with E-state index in [2.05, 4.69) is 12.2 Å². The molecule has 0 bridgehead atoms. The van der Waals surface area contributed by atoms with Gasteiger partial charge >= 0.3 is 0 Å². The van der Waals surface area contributed by atoms with Crippen LogP contribution in [0, 0.1) is 0 Å². The van der Waals surface area contributed by atoms with Gasteiger partial charge in [0.2, 0.25) is 0 Å². The molecule has 0 aliphatic rings. The lowest BCUT2D eigenvalue weighted by Gasteiger charge is -2.07. The number of aryl methyl sites for hydroxylation is 1. The number of anilines is 1. The predicted molar refractivity (Wildman–Crippen MR) is 82.8 cm³/mol. The van der Waals surface area contributed by atoms with E-state index in [0.717, 1.165) is 19.3 Å². The molecule has 0 radical (unpaired) electrons.